The van der Waals surface area contributed by atoms with Crippen molar-refractivity contribution >= 4 is 5.69 Å². The number of rotatable bonds is 5. The maximum absolute atomic E-state index is 11.0. The SMILES string of the molecule is CNCc1cnc(Oc2ccc(C#N)cc2[N+](=O)[O-])nc1. The van der Waals surface area contributed by atoms with E-state index in [0.29, 0.717) is 6.54 Å². The van der Waals surface area contributed by atoms with Crippen LogP contribution in [0, 0.1) is 21.4 Å². The smallest absolute Gasteiger partial charge is 0.322 e. The fraction of sp³-hybridized carbons (Fsp3) is 0.154. The van der Waals surface area contributed by atoms with E-state index in [9.17, 15) is 10.1 Å². The Kier molecular flexibility index (Phi) is 4.38. The first-order valence-corrected chi connectivity index (χ1v) is 5.96. The molecule has 0 bridgehead atoms. The highest BCUT2D eigenvalue weighted by molar-refractivity contribution is 5.52. The van der Waals surface area contributed by atoms with Crippen LogP contribution in [0.1, 0.15) is 11.1 Å². The van der Waals surface area contributed by atoms with Crippen molar-refractivity contribution in [1.29, 1.82) is 5.26 Å². The van der Waals surface area contributed by atoms with Crippen LogP contribution >= 0.6 is 0 Å². The van der Waals surface area contributed by atoms with Gasteiger partial charge in [-0.15, -0.1) is 0 Å². The number of nitro benzene ring substituents is 1. The fourth-order valence-corrected chi connectivity index (χ4v) is 1.61. The molecule has 8 nitrogen and oxygen atoms in total. The highest BCUT2D eigenvalue weighted by atomic mass is 16.6. The molecule has 0 aliphatic heterocycles. The van der Waals surface area contributed by atoms with Gasteiger partial charge in [-0.1, -0.05) is 0 Å². The highest BCUT2D eigenvalue weighted by Gasteiger charge is 2.17. The topological polar surface area (TPSA) is 114 Å². The third-order valence-corrected chi connectivity index (χ3v) is 2.55. The van der Waals surface area contributed by atoms with Gasteiger partial charge in [-0.05, 0) is 19.2 Å². The van der Waals surface area contributed by atoms with Gasteiger partial charge in [-0.2, -0.15) is 5.26 Å². The molecule has 0 aliphatic carbocycles. The molecule has 1 aromatic carbocycles. The Morgan fingerprint density at radius 2 is 2.14 bits per heavy atom. The van der Waals surface area contributed by atoms with Crippen molar-refractivity contribution in [3.8, 4) is 17.8 Å². The number of nitriles is 1. The third kappa shape index (κ3) is 3.49. The summed E-state index contributed by atoms with van der Waals surface area (Å²) in [7, 11) is 1.80. The molecular weight excluding hydrogens is 274 g/mol. The van der Waals surface area contributed by atoms with Gasteiger partial charge in [-0.3, -0.25) is 10.1 Å². The first-order chi connectivity index (χ1) is 10.1. The van der Waals surface area contributed by atoms with Crippen LogP contribution in [-0.4, -0.2) is 21.9 Å². The fourth-order valence-electron chi connectivity index (χ4n) is 1.61. The summed E-state index contributed by atoms with van der Waals surface area (Å²) in [5, 5.41) is 22.7. The molecule has 0 fully saturated rings. The van der Waals surface area contributed by atoms with Gasteiger partial charge >= 0.3 is 11.7 Å². The van der Waals surface area contributed by atoms with E-state index in [-0.39, 0.29) is 23.0 Å². The Labute approximate surface area is 120 Å². The third-order valence-electron chi connectivity index (χ3n) is 2.55. The predicted octanol–water partition coefficient (Wildman–Crippen LogP) is 1.77. The predicted molar refractivity (Wildman–Crippen MR) is 72.7 cm³/mol. The van der Waals surface area contributed by atoms with Crippen LogP contribution in [0.3, 0.4) is 0 Å². The molecule has 0 saturated heterocycles. The maximum atomic E-state index is 11.0. The van der Waals surface area contributed by atoms with E-state index in [1.807, 2.05) is 6.07 Å². The summed E-state index contributed by atoms with van der Waals surface area (Å²) in [5.41, 5.74) is 0.732. The zero-order valence-corrected chi connectivity index (χ0v) is 11.1. The van der Waals surface area contributed by atoms with Crippen molar-refractivity contribution in [3.05, 3.63) is 51.8 Å². The van der Waals surface area contributed by atoms with Crippen LogP contribution in [0.5, 0.6) is 11.8 Å². The summed E-state index contributed by atoms with van der Waals surface area (Å²) < 4.78 is 5.31. The first-order valence-electron chi connectivity index (χ1n) is 5.96. The van der Waals surface area contributed by atoms with E-state index < -0.39 is 4.92 Å². The molecule has 21 heavy (non-hydrogen) atoms. The van der Waals surface area contributed by atoms with Crippen molar-refractivity contribution < 1.29 is 9.66 Å². The molecule has 0 atom stereocenters. The second-order valence-electron chi connectivity index (χ2n) is 4.06. The molecule has 1 heterocycles. The zero-order chi connectivity index (χ0) is 15.2. The number of hydrogen-bond donors (Lipinski definition) is 1. The molecule has 0 saturated carbocycles. The Morgan fingerprint density at radius 1 is 1.43 bits per heavy atom. The monoisotopic (exact) mass is 285 g/mol. The maximum Gasteiger partial charge on any atom is 0.322 e. The van der Waals surface area contributed by atoms with Crippen molar-refractivity contribution in [1.82, 2.24) is 15.3 Å². The molecule has 2 rings (SSSR count). The van der Waals surface area contributed by atoms with Crippen molar-refractivity contribution in [2.75, 3.05) is 7.05 Å². The lowest BCUT2D eigenvalue weighted by molar-refractivity contribution is -0.385. The lowest BCUT2D eigenvalue weighted by Gasteiger charge is -2.05. The van der Waals surface area contributed by atoms with Crippen molar-refractivity contribution in [3.63, 3.8) is 0 Å². The molecule has 1 N–H and O–H groups in total. The lowest BCUT2D eigenvalue weighted by Crippen LogP contribution is -2.06. The largest absolute Gasteiger partial charge is 0.417 e. The van der Waals surface area contributed by atoms with Gasteiger partial charge in [0.2, 0.25) is 5.75 Å². The summed E-state index contributed by atoms with van der Waals surface area (Å²) in [5.74, 6) is -0.0135. The van der Waals surface area contributed by atoms with Gasteiger partial charge in [0.15, 0.2) is 0 Å². The number of nitrogens with one attached hydrogen (secondary N) is 1. The minimum absolute atomic E-state index is 0.00246. The van der Waals surface area contributed by atoms with E-state index in [1.165, 1.54) is 12.1 Å². The summed E-state index contributed by atoms with van der Waals surface area (Å²) in [4.78, 5) is 18.3. The standard InChI is InChI=1S/C13H11N5O3/c1-15-6-10-7-16-13(17-8-10)21-12-3-2-9(5-14)4-11(12)18(19)20/h2-4,7-8,15H,6H2,1H3. The number of nitro groups is 1. The van der Waals surface area contributed by atoms with Gasteiger partial charge in [0.25, 0.3) is 0 Å². The van der Waals surface area contributed by atoms with Crippen LogP contribution < -0.4 is 10.1 Å². The minimum atomic E-state index is -0.619. The molecule has 0 unspecified atom stereocenters. The van der Waals surface area contributed by atoms with Crippen LogP contribution in [0.15, 0.2) is 30.6 Å². The van der Waals surface area contributed by atoms with Gasteiger partial charge in [0.05, 0.1) is 16.6 Å². The zero-order valence-electron chi connectivity index (χ0n) is 11.1. The van der Waals surface area contributed by atoms with Crippen LogP contribution in [-0.2, 0) is 6.54 Å². The Hall–Kier alpha value is -3.05. The second kappa shape index (κ2) is 6.40. The molecule has 2 aromatic rings. The molecule has 0 spiro atoms. The molecule has 0 radical (unpaired) electrons. The minimum Gasteiger partial charge on any atom is -0.417 e. The molecule has 1 aromatic heterocycles. The Bertz CT molecular complexity index is 694. The normalized spacial score (nSPS) is 9.90. The van der Waals surface area contributed by atoms with Crippen LogP contribution in [0.25, 0.3) is 0 Å². The first kappa shape index (κ1) is 14.4. The lowest BCUT2D eigenvalue weighted by atomic mass is 10.2. The molecule has 106 valence electrons. The van der Waals surface area contributed by atoms with Gasteiger partial charge in [0.1, 0.15) is 0 Å². The van der Waals surface area contributed by atoms with Crippen molar-refractivity contribution in [2.45, 2.75) is 6.54 Å². The number of ether oxygens (including phenoxy) is 1. The summed E-state index contributed by atoms with van der Waals surface area (Å²) in [6, 6.07) is 5.76. The average molecular weight is 285 g/mol. The number of nitrogens with zero attached hydrogens (tertiary/aromatic N) is 4. The molecular formula is C13H11N5O3. The molecule has 8 heteroatoms. The Morgan fingerprint density at radius 3 is 2.71 bits per heavy atom. The van der Waals surface area contributed by atoms with Gasteiger partial charge in [0, 0.05) is 30.6 Å². The number of aromatic nitrogens is 2. The quantitative estimate of drug-likeness (QED) is 0.657. The summed E-state index contributed by atoms with van der Waals surface area (Å²) in [6.07, 6.45) is 3.13. The van der Waals surface area contributed by atoms with E-state index in [4.69, 9.17) is 10.00 Å². The van der Waals surface area contributed by atoms with Gasteiger partial charge < -0.3 is 10.1 Å². The second-order valence-corrected chi connectivity index (χ2v) is 4.06. The molecule has 0 aliphatic rings. The Balaban J connectivity index is 2.26. The van der Waals surface area contributed by atoms with Crippen LogP contribution in [0.2, 0.25) is 0 Å². The number of hydrogen-bond acceptors (Lipinski definition) is 7. The number of benzene rings is 1. The van der Waals surface area contributed by atoms with Crippen LogP contribution in [0.4, 0.5) is 5.69 Å². The summed E-state index contributed by atoms with van der Waals surface area (Å²) >= 11 is 0. The summed E-state index contributed by atoms with van der Waals surface area (Å²) in [6.45, 7) is 0.608. The van der Waals surface area contributed by atoms with E-state index in [1.54, 1.807) is 19.4 Å². The molecule has 0 amide bonds. The van der Waals surface area contributed by atoms with E-state index in [0.717, 1.165) is 11.6 Å². The van der Waals surface area contributed by atoms with Crippen molar-refractivity contribution in [2.24, 2.45) is 0 Å². The average Bonchev–Trinajstić information content (AvgIpc) is 2.49. The highest BCUT2D eigenvalue weighted by Crippen LogP contribution is 2.30. The van der Waals surface area contributed by atoms with E-state index >= 15 is 0 Å². The van der Waals surface area contributed by atoms with Gasteiger partial charge in [-0.25, -0.2) is 9.97 Å². The van der Waals surface area contributed by atoms with E-state index in [2.05, 4.69) is 15.3 Å².